The lowest BCUT2D eigenvalue weighted by atomic mass is 10.0. The van der Waals surface area contributed by atoms with Crippen molar-refractivity contribution in [2.45, 2.75) is 19.4 Å². The van der Waals surface area contributed by atoms with Crippen molar-refractivity contribution >= 4 is 11.3 Å². The molecule has 2 aromatic rings. The molecule has 0 saturated carbocycles. The van der Waals surface area contributed by atoms with Gasteiger partial charge < -0.3 is 5.11 Å². The maximum absolute atomic E-state index is 13.5. The van der Waals surface area contributed by atoms with Crippen LogP contribution in [0.15, 0.2) is 35.0 Å². The van der Waals surface area contributed by atoms with Crippen molar-refractivity contribution in [3.63, 3.8) is 0 Å². The van der Waals surface area contributed by atoms with Gasteiger partial charge in [0.25, 0.3) is 0 Å². The molecule has 1 aromatic heterocycles. The molecule has 1 unspecified atom stereocenters. The van der Waals surface area contributed by atoms with E-state index in [4.69, 9.17) is 0 Å². The Morgan fingerprint density at radius 2 is 2.19 bits per heavy atom. The Morgan fingerprint density at radius 1 is 1.38 bits per heavy atom. The van der Waals surface area contributed by atoms with Crippen LogP contribution < -0.4 is 0 Å². The first kappa shape index (κ1) is 11.3. The summed E-state index contributed by atoms with van der Waals surface area (Å²) < 4.78 is 13.5. The number of hydrogen-bond donors (Lipinski definition) is 1. The fourth-order valence-electron chi connectivity index (χ4n) is 1.66. The first-order chi connectivity index (χ1) is 7.66. The molecule has 0 amide bonds. The summed E-state index contributed by atoms with van der Waals surface area (Å²) >= 11 is 1.58. The largest absolute Gasteiger partial charge is 0.388 e. The molecule has 1 atom stereocenters. The van der Waals surface area contributed by atoms with Gasteiger partial charge in [0.15, 0.2) is 0 Å². The van der Waals surface area contributed by atoms with Gasteiger partial charge in [-0.15, -0.1) is 0 Å². The van der Waals surface area contributed by atoms with Crippen LogP contribution in [0.4, 0.5) is 4.39 Å². The van der Waals surface area contributed by atoms with Gasteiger partial charge in [0, 0.05) is 12.0 Å². The van der Waals surface area contributed by atoms with Crippen LogP contribution in [-0.4, -0.2) is 5.11 Å². The van der Waals surface area contributed by atoms with E-state index in [2.05, 4.69) is 0 Å². The van der Waals surface area contributed by atoms with E-state index >= 15 is 0 Å². The highest BCUT2D eigenvalue weighted by molar-refractivity contribution is 7.07. The Bertz CT molecular complexity index is 465. The average Bonchev–Trinajstić information content (AvgIpc) is 2.74. The minimum Gasteiger partial charge on any atom is -0.388 e. The number of halogens is 1. The molecule has 2 rings (SSSR count). The van der Waals surface area contributed by atoms with Gasteiger partial charge in [-0.1, -0.05) is 17.7 Å². The molecule has 1 nitrogen and oxygen atoms in total. The number of hydrogen-bond acceptors (Lipinski definition) is 2. The molecular weight excluding hydrogens is 223 g/mol. The standard InChI is InChI=1S/C13H13FOS/c1-9-2-3-12(14)11(6-9)13(15)7-10-4-5-16-8-10/h2-6,8,13,15H,7H2,1H3. The number of aliphatic hydroxyl groups excluding tert-OH is 1. The zero-order valence-electron chi connectivity index (χ0n) is 8.98. The van der Waals surface area contributed by atoms with Crippen LogP contribution in [0.1, 0.15) is 22.8 Å². The second-order valence-corrected chi connectivity index (χ2v) is 4.66. The Hall–Kier alpha value is -1.19. The van der Waals surface area contributed by atoms with Crippen molar-refractivity contribution in [1.29, 1.82) is 0 Å². The minimum absolute atomic E-state index is 0.340. The van der Waals surface area contributed by atoms with Gasteiger partial charge in [0.05, 0.1) is 6.10 Å². The highest BCUT2D eigenvalue weighted by Gasteiger charge is 2.13. The molecule has 16 heavy (non-hydrogen) atoms. The maximum atomic E-state index is 13.5. The average molecular weight is 236 g/mol. The fourth-order valence-corrected chi connectivity index (χ4v) is 2.34. The third-order valence-corrected chi connectivity index (χ3v) is 3.25. The van der Waals surface area contributed by atoms with Gasteiger partial charge in [-0.3, -0.25) is 0 Å². The van der Waals surface area contributed by atoms with Crippen molar-refractivity contribution in [2.24, 2.45) is 0 Å². The first-order valence-corrected chi connectivity index (χ1v) is 6.06. The van der Waals surface area contributed by atoms with Crippen molar-refractivity contribution in [2.75, 3.05) is 0 Å². The molecule has 84 valence electrons. The van der Waals surface area contributed by atoms with Crippen LogP contribution in [0.5, 0.6) is 0 Å². The molecular formula is C13H13FOS. The molecule has 0 bridgehead atoms. The SMILES string of the molecule is Cc1ccc(F)c(C(O)Cc2ccsc2)c1. The number of rotatable bonds is 3. The molecule has 0 fully saturated rings. The molecule has 1 aromatic carbocycles. The Kier molecular flexibility index (Phi) is 3.36. The molecule has 0 aliphatic rings. The predicted octanol–water partition coefficient (Wildman–Crippen LogP) is 3.47. The van der Waals surface area contributed by atoms with Crippen LogP contribution >= 0.6 is 11.3 Å². The van der Waals surface area contributed by atoms with E-state index < -0.39 is 6.10 Å². The summed E-state index contributed by atoms with van der Waals surface area (Å²) in [6.07, 6.45) is -0.307. The van der Waals surface area contributed by atoms with E-state index in [0.717, 1.165) is 11.1 Å². The van der Waals surface area contributed by atoms with Crippen LogP contribution in [0, 0.1) is 12.7 Å². The van der Waals surface area contributed by atoms with Gasteiger partial charge >= 0.3 is 0 Å². The summed E-state index contributed by atoms with van der Waals surface area (Å²) in [5, 5.41) is 13.9. The molecule has 0 radical (unpaired) electrons. The third-order valence-electron chi connectivity index (χ3n) is 2.52. The van der Waals surface area contributed by atoms with Gasteiger partial charge in [-0.05, 0) is 35.4 Å². The summed E-state index contributed by atoms with van der Waals surface area (Å²) in [4.78, 5) is 0. The van der Waals surface area contributed by atoms with Crippen molar-refractivity contribution in [1.82, 2.24) is 0 Å². The molecule has 0 saturated heterocycles. The molecule has 0 aliphatic heterocycles. The van der Waals surface area contributed by atoms with Crippen LogP contribution in [0.3, 0.4) is 0 Å². The monoisotopic (exact) mass is 236 g/mol. The summed E-state index contributed by atoms with van der Waals surface area (Å²) in [6, 6.07) is 6.76. The number of aliphatic hydroxyl groups is 1. The minimum atomic E-state index is -0.769. The zero-order valence-corrected chi connectivity index (χ0v) is 9.80. The fraction of sp³-hybridized carbons (Fsp3) is 0.231. The van der Waals surface area contributed by atoms with Crippen molar-refractivity contribution in [3.05, 3.63) is 57.5 Å². The topological polar surface area (TPSA) is 20.2 Å². The van der Waals surface area contributed by atoms with Gasteiger partial charge in [0.2, 0.25) is 0 Å². The van der Waals surface area contributed by atoms with E-state index in [0.29, 0.717) is 12.0 Å². The molecule has 3 heteroatoms. The van der Waals surface area contributed by atoms with Gasteiger partial charge in [0.1, 0.15) is 5.82 Å². The first-order valence-electron chi connectivity index (χ1n) is 5.12. The van der Waals surface area contributed by atoms with Crippen LogP contribution in [0.2, 0.25) is 0 Å². The highest BCUT2D eigenvalue weighted by atomic mass is 32.1. The second kappa shape index (κ2) is 4.76. The number of aryl methyl sites for hydroxylation is 1. The number of benzene rings is 1. The summed E-state index contributed by atoms with van der Waals surface area (Å²) in [6.45, 7) is 1.89. The maximum Gasteiger partial charge on any atom is 0.129 e. The quantitative estimate of drug-likeness (QED) is 0.865. The third kappa shape index (κ3) is 2.49. The lowest BCUT2D eigenvalue weighted by Crippen LogP contribution is -2.04. The lowest BCUT2D eigenvalue weighted by molar-refractivity contribution is 0.173. The highest BCUT2D eigenvalue weighted by Crippen LogP contribution is 2.23. The smallest absolute Gasteiger partial charge is 0.129 e. The summed E-state index contributed by atoms with van der Waals surface area (Å²) in [5.41, 5.74) is 2.38. The predicted molar refractivity (Wildman–Crippen MR) is 64.1 cm³/mol. The molecule has 0 aliphatic carbocycles. The van der Waals surface area contributed by atoms with E-state index in [1.54, 1.807) is 23.5 Å². The van der Waals surface area contributed by atoms with Crippen LogP contribution in [-0.2, 0) is 6.42 Å². The normalized spacial score (nSPS) is 12.7. The van der Waals surface area contributed by atoms with E-state index in [-0.39, 0.29) is 5.82 Å². The lowest BCUT2D eigenvalue weighted by Gasteiger charge is -2.11. The Labute approximate surface area is 98.2 Å². The van der Waals surface area contributed by atoms with Crippen molar-refractivity contribution < 1.29 is 9.50 Å². The molecule has 0 spiro atoms. The van der Waals surface area contributed by atoms with Crippen LogP contribution in [0.25, 0.3) is 0 Å². The van der Waals surface area contributed by atoms with Gasteiger partial charge in [-0.25, -0.2) is 4.39 Å². The summed E-state index contributed by atoms with van der Waals surface area (Å²) in [7, 11) is 0. The zero-order chi connectivity index (χ0) is 11.5. The van der Waals surface area contributed by atoms with E-state index in [9.17, 15) is 9.50 Å². The van der Waals surface area contributed by atoms with E-state index in [1.807, 2.05) is 23.8 Å². The van der Waals surface area contributed by atoms with Gasteiger partial charge in [-0.2, -0.15) is 11.3 Å². The Balaban J connectivity index is 2.20. The van der Waals surface area contributed by atoms with Crippen molar-refractivity contribution in [3.8, 4) is 0 Å². The number of thiophene rings is 1. The van der Waals surface area contributed by atoms with E-state index in [1.165, 1.54) is 6.07 Å². The molecule has 1 heterocycles. The molecule has 1 N–H and O–H groups in total. The summed E-state index contributed by atoms with van der Waals surface area (Å²) in [5.74, 6) is -0.340. The Morgan fingerprint density at radius 3 is 2.88 bits per heavy atom. The second-order valence-electron chi connectivity index (χ2n) is 3.88.